The van der Waals surface area contributed by atoms with E-state index in [1.54, 1.807) is 0 Å². The van der Waals surface area contributed by atoms with Gasteiger partial charge in [-0.2, -0.15) is 0 Å². The quantitative estimate of drug-likeness (QED) is 0.616. The van der Waals surface area contributed by atoms with Gasteiger partial charge in [0, 0.05) is 0 Å². The minimum atomic E-state index is -0.670. The van der Waals surface area contributed by atoms with E-state index in [2.05, 4.69) is 6.58 Å². The number of ether oxygens (including phenoxy) is 5. The fourth-order valence-corrected chi connectivity index (χ4v) is 2.65. The standard InChI is InChI=1S/C13H20O5/c1-7-6-14-12(2,3)16-9-8(7)15-11-10(9)17-13(4,5)18-11/h8-11H,1,6H2,2-5H3/t8-,9+,10+,11+/m0/s1. The Kier molecular flexibility index (Phi) is 2.63. The van der Waals surface area contributed by atoms with Gasteiger partial charge >= 0.3 is 0 Å². The highest BCUT2D eigenvalue weighted by molar-refractivity contribution is 5.14. The fourth-order valence-electron chi connectivity index (χ4n) is 2.65. The lowest BCUT2D eigenvalue weighted by Gasteiger charge is -2.29. The average Bonchev–Trinajstić information content (AvgIpc) is 2.65. The molecule has 3 aliphatic rings. The Morgan fingerprint density at radius 1 is 1.00 bits per heavy atom. The molecule has 0 spiro atoms. The number of hydrogen-bond acceptors (Lipinski definition) is 5. The molecular formula is C13H20O5. The first-order valence-electron chi connectivity index (χ1n) is 6.28. The Bertz CT molecular complexity index is 376. The van der Waals surface area contributed by atoms with Crippen molar-refractivity contribution in [1.29, 1.82) is 0 Å². The van der Waals surface area contributed by atoms with Crippen LogP contribution in [-0.4, -0.2) is 42.8 Å². The van der Waals surface area contributed by atoms with Crippen molar-refractivity contribution in [1.82, 2.24) is 0 Å². The summed E-state index contributed by atoms with van der Waals surface area (Å²) in [5.41, 5.74) is 0.866. The summed E-state index contributed by atoms with van der Waals surface area (Å²) in [6.45, 7) is 11.9. The zero-order chi connectivity index (χ0) is 13.1. The molecule has 102 valence electrons. The molecule has 5 nitrogen and oxygen atoms in total. The normalized spacial score (nSPS) is 45.4. The summed E-state index contributed by atoms with van der Waals surface area (Å²) in [7, 11) is 0. The topological polar surface area (TPSA) is 46.2 Å². The molecule has 3 aliphatic heterocycles. The van der Waals surface area contributed by atoms with Crippen LogP contribution in [0.25, 0.3) is 0 Å². The van der Waals surface area contributed by atoms with E-state index in [1.165, 1.54) is 0 Å². The van der Waals surface area contributed by atoms with Gasteiger partial charge in [-0.1, -0.05) is 6.58 Å². The van der Waals surface area contributed by atoms with Crippen LogP contribution in [0.4, 0.5) is 0 Å². The van der Waals surface area contributed by atoms with Gasteiger partial charge in [-0.15, -0.1) is 0 Å². The molecule has 18 heavy (non-hydrogen) atoms. The van der Waals surface area contributed by atoms with Crippen molar-refractivity contribution in [3.63, 3.8) is 0 Å². The molecule has 0 unspecified atom stereocenters. The van der Waals surface area contributed by atoms with Gasteiger partial charge in [0.25, 0.3) is 0 Å². The van der Waals surface area contributed by atoms with Gasteiger partial charge in [0.1, 0.15) is 18.3 Å². The van der Waals surface area contributed by atoms with Gasteiger partial charge in [0.15, 0.2) is 17.9 Å². The van der Waals surface area contributed by atoms with Crippen LogP contribution in [0.2, 0.25) is 0 Å². The molecule has 0 aromatic carbocycles. The molecule has 3 fully saturated rings. The lowest BCUT2D eigenvalue weighted by atomic mass is 10.0. The van der Waals surface area contributed by atoms with E-state index in [4.69, 9.17) is 23.7 Å². The first kappa shape index (κ1) is 12.6. The van der Waals surface area contributed by atoms with Crippen LogP contribution in [0.3, 0.4) is 0 Å². The van der Waals surface area contributed by atoms with Crippen molar-refractivity contribution in [2.24, 2.45) is 0 Å². The van der Waals surface area contributed by atoms with Crippen molar-refractivity contribution in [2.75, 3.05) is 6.61 Å². The molecule has 3 saturated heterocycles. The van der Waals surface area contributed by atoms with Crippen LogP contribution in [0.1, 0.15) is 27.7 Å². The van der Waals surface area contributed by atoms with Crippen LogP contribution in [0.5, 0.6) is 0 Å². The maximum atomic E-state index is 5.99. The van der Waals surface area contributed by atoms with Crippen LogP contribution < -0.4 is 0 Å². The zero-order valence-corrected chi connectivity index (χ0v) is 11.3. The second kappa shape index (κ2) is 3.77. The van der Waals surface area contributed by atoms with Crippen molar-refractivity contribution < 1.29 is 23.7 Å². The predicted octanol–water partition coefficient (Wildman–Crippen LogP) is 1.57. The highest BCUT2D eigenvalue weighted by atomic mass is 16.8. The molecule has 0 saturated carbocycles. The monoisotopic (exact) mass is 256 g/mol. The summed E-state index contributed by atoms with van der Waals surface area (Å²) in [4.78, 5) is 0. The molecule has 4 atom stereocenters. The second-order valence-electron chi connectivity index (χ2n) is 5.95. The molecule has 0 aromatic heterocycles. The van der Waals surface area contributed by atoms with Crippen LogP contribution in [0, 0.1) is 0 Å². The van der Waals surface area contributed by atoms with Gasteiger partial charge < -0.3 is 23.7 Å². The molecule has 0 amide bonds. The summed E-state index contributed by atoms with van der Waals surface area (Å²) >= 11 is 0. The average molecular weight is 256 g/mol. The minimum absolute atomic E-state index is 0.224. The molecule has 0 radical (unpaired) electrons. The summed E-state index contributed by atoms with van der Waals surface area (Å²) in [6, 6.07) is 0. The van der Waals surface area contributed by atoms with E-state index < -0.39 is 11.6 Å². The van der Waals surface area contributed by atoms with Crippen LogP contribution >= 0.6 is 0 Å². The Balaban J connectivity index is 1.86. The van der Waals surface area contributed by atoms with E-state index in [0.717, 1.165) is 5.57 Å². The molecule has 0 bridgehead atoms. The molecule has 3 rings (SSSR count). The van der Waals surface area contributed by atoms with Crippen molar-refractivity contribution >= 4 is 0 Å². The summed E-state index contributed by atoms with van der Waals surface area (Å²) < 4.78 is 29.1. The van der Waals surface area contributed by atoms with E-state index >= 15 is 0 Å². The highest BCUT2D eigenvalue weighted by Gasteiger charge is 2.58. The highest BCUT2D eigenvalue weighted by Crippen LogP contribution is 2.43. The Hall–Kier alpha value is -0.460. The second-order valence-corrected chi connectivity index (χ2v) is 5.95. The van der Waals surface area contributed by atoms with Gasteiger partial charge in [0.2, 0.25) is 0 Å². The summed E-state index contributed by atoms with van der Waals surface area (Å²) in [5, 5.41) is 0. The molecule has 3 heterocycles. The SMILES string of the molecule is C=C1COC(C)(C)O[C@H]2[C@H]3OC(C)(C)O[C@H]3O[C@@H]12. The van der Waals surface area contributed by atoms with E-state index in [0.29, 0.717) is 6.61 Å². The van der Waals surface area contributed by atoms with Gasteiger partial charge in [-0.25, -0.2) is 0 Å². The minimum Gasteiger partial charge on any atom is -0.346 e. The maximum Gasteiger partial charge on any atom is 0.190 e. The Morgan fingerprint density at radius 2 is 1.67 bits per heavy atom. The van der Waals surface area contributed by atoms with E-state index in [9.17, 15) is 0 Å². The zero-order valence-electron chi connectivity index (χ0n) is 11.3. The Morgan fingerprint density at radius 3 is 2.39 bits per heavy atom. The predicted molar refractivity (Wildman–Crippen MR) is 62.7 cm³/mol. The molecule has 5 heteroatoms. The van der Waals surface area contributed by atoms with Gasteiger partial charge in [-0.05, 0) is 33.3 Å². The Labute approximate surface area is 107 Å². The smallest absolute Gasteiger partial charge is 0.190 e. The largest absolute Gasteiger partial charge is 0.346 e. The molecule has 0 N–H and O–H groups in total. The fraction of sp³-hybridized carbons (Fsp3) is 0.846. The summed E-state index contributed by atoms with van der Waals surface area (Å²) in [5.74, 6) is -1.31. The molecule has 0 aliphatic carbocycles. The third kappa shape index (κ3) is 2.00. The van der Waals surface area contributed by atoms with Gasteiger partial charge in [-0.3, -0.25) is 0 Å². The lowest BCUT2D eigenvalue weighted by Crippen LogP contribution is -2.41. The third-order valence-corrected chi connectivity index (χ3v) is 3.42. The third-order valence-electron chi connectivity index (χ3n) is 3.42. The number of fused-ring (bicyclic) bond motifs is 3. The maximum absolute atomic E-state index is 5.99. The number of rotatable bonds is 0. The summed E-state index contributed by atoms with van der Waals surface area (Å²) in [6.07, 6.45) is -1.08. The van der Waals surface area contributed by atoms with Crippen molar-refractivity contribution in [3.8, 4) is 0 Å². The first-order valence-corrected chi connectivity index (χ1v) is 6.28. The van der Waals surface area contributed by atoms with E-state index in [1.807, 2.05) is 27.7 Å². The molecule has 0 aromatic rings. The molecular weight excluding hydrogens is 236 g/mol. The first-order chi connectivity index (χ1) is 8.27. The van der Waals surface area contributed by atoms with Crippen molar-refractivity contribution in [2.45, 2.75) is 63.9 Å². The lowest BCUT2D eigenvalue weighted by molar-refractivity contribution is -0.253. The van der Waals surface area contributed by atoms with Crippen LogP contribution in [-0.2, 0) is 23.7 Å². The number of hydrogen-bond donors (Lipinski definition) is 0. The van der Waals surface area contributed by atoms with E-state index in [-0.39, 0.29) is 24.6 Å². The van der Waals surface area contributed by atoms with Crippen molar-refractivity contribution in [3.05, 3.63) is 12.2 Å². The van der Waals surface area contributed by atoms with Crippen LogP contribution in [0.15, 0.2) is 12.2 Å². The van der Waals surface area contributed by atoms with Gasteiger partial charge in [0.05, 0.1) is 6.61 Å².